The number of nitrogens with zero attached hydrogens (tertiary/aromatic N) is 2. The molecule has 1 aromatic heterocycles. The maximum absolute atomic E-state index is 13.3. The van der Waals surface area contributed by atoms with Gasteiger partial charge in [0.2, 0.25) is 5.91 Å². The zero-order valence-electron chi connectivity index (χ0n) is 15.7. The van der Waals surface area contributed by atoms with Crippen LogP contribution in [0.25, 0.3) is 10.9 Å². The van der Waals surface area contributed by atoms with Gasteiger partial charge in [0.05, 0.1) is 10.9 Å². The molecule has 0 radical (unpaired) electrons. The standard InChI is InChI=1S/C23H25N3O/c1-26-14-11-23(12-15-26,20-7-3-2-4-8-20)22(27)25-17-18-9-10-21-19(16-18)6-5-13-24-21/h2-10,13,16H,11-12,14-15,17H2,1H3,(H,25,27). The molecule has 0 spiro atoms. The van der Waals surface area contributed by atoms with E-state index < -0.39 is 5.41 Å². The highest BCUT2D eigenvalue weighted by Gasteiger charge is 2.42. The van der Waals surface area contributed by atoms with Crippen LogP contribution >= 0.6 is 0 Å². The molecule has 0 saturated carbocycles. The van der Waals surface area contributed by atoms with Crippen LogP contribution in [-0.4, -0.2) is 35.9 Å². The van der Waals surface area contributed by atoms with Crippen molar-refractivity contribution in [2.75, 3.05) is 20.1 Å². The lowest BCUT2D eigenvalue weighted by atomic mass is 9.72. The minimum absolute atomic E-state index is 0.132. The third-order valence-electron chi connectivity index (χ3n) is 5.72. The van der Waals surface area contributed by atoms with Crippen molar-refractivity contribution < 1.29 is 4.79 Å². The minimum Gasteiger partial charge on any atom is -0.351 e. The molecule has 1 amide bonds. The van der Waals surface area contributed by atoms with Crippen LogP contribution in [0.1, 0.15) is 24.0 Å². The maximum Gasteiger partial charge on any atom is 0.231 e. The van der Waals surface area contributed by atoms with E-state index in [1.807, 2.05) is 36.4 Å². The number of aromatic nitrogens is 1. The molecule has 4 rings (SSSR count). The zero-order valence-corrected chi connectivity index (χ0v) is 15.7. The Bertz CT molecular complexity index is 931. The Hall–Kier alpha value is -2.72. The number of pyridine rings is 1. The molecule has 4 heteroatoms. The van der Waals surface area contributed by atoms with E-state index in [9.17, 15) is 4.79 Å². The summed E-state index contributed by atoms with van der Waals surface area (Å²) >= 11 is 0. The Balaban J connectivity index is 1.54. The first kappa shape index (κ1) is 17.7. The van der Waals surface area contributed by atoms with E-state index in [2.05, 4.69) is 46.5 Å². The molecular formula is C23H25N3O. The highest BCUT2D eigenvalue weighted by atomic mass is 16.2. The van der Waals surface area contributed by atoms with Crippen LogP contribution in [0.4, 0.5) is 0 Å². The van der Waals surface area contributed by atoms with E-state index in [-0.39, 0.29) is 5.91 Å². The SMILES string of the molecule is CN1CCC(C(=O)NCc2ccc3ncccc3c2)(c2ccccc2)CC1. The Morgan fingerprint density at radius 2 is 1.85 bits per heavy atom. The Kier molecular flexibility index (Phi) is 4.90. The number of hydrogen-bond acceptors (Lipinski definition) is 3. The molecule has 138 valence electrons. The summed E-state index contributed by atoms with van der Waals surface area (Å²) in [4.78, 5) is 20.0. The van der Waals surface area contributed by atoms with E-state index in [1.54, 1.807) is 6.20 Å². The molecule has 1 aliphatic heterocycles. The summed E-state index contributed by atoms with van der Waals surface area (Å²) in [7, 11) is 2.12. The van der Waals surface area contributed by atoms with Gasteiger partial charge in [0, 0.05) is 18.1 Å². The quantitative estimate of drug-likeness (QED) is 0.775. The number of hydrogen-bond donors (Lipinski definition) is 1. The fourth-order valence-corrected chi connectivity index (χ4v) is 3.99. The number of fused-ring (bicyclic) bond motifs is 1. The van der Waals surface area contributed by atoms with Gasteiger partial charge >= 0.3 is 0 Å². The van der Waals surface area contributed by atoms with E-state index in [0.717, 1.165) is 48.0 Å². The summed E-state index contributed by atoms with van der Waals surface area (Å²) in [6, 6.07) is 20.4. The molecule has 0 unspecified atom stereocenters. The number of carbonyl (C=O) groups excluding carboxylic acids is 1. The largest absolute Gasteiger partial charge is 0.351 e. The number of likely N-dealkylation sites (tertiary alicyclic amines) is 1. The molecular weight excluding hydrogens is 334 g/mol. The third-order valence-corrected chi connectivity index (χ3v) is 5.72. The van der Waals surface area contributed by atoms with Crippen molar-refractivity contribution in [1.29, 1.82) is 0 Å². The average molecular weight is 359 g/mol. The van der Waals surface area contributed by atoms with Crippen molar-refractivity contribution in [3.63, 3.8) is 0 Å². The molecule has 1 fully saturated rings. The summed E-state index contributed by atoms with van der Waals surface area (Å²) in [6.07, 6.45) is 3.50. The van der Waals surface area contributed by atoms with Gasteiger partial charge in [-0.25, -0.2) is 0 Å². The predicted octanol–water partition coefficient (Wildman–Crippen LogP) is 3.51. The Labute approximate surface area is 160 Å². The first-order chi connectivity index (χ1) is 13.2. The highest BCUT2D eigenvalue weighted by molar-refractivity contribution is 5.88. The monoisotopic (exact) mass is 359 g/mol. The summed E-state index contributed by atoms with van der Waals surface area (Å²) < 4.78 is 0. The lowest BCUT2D eigenvalue weighted by Gasteiger charge is -2.39. The van der Waals surface area contributed by atoms with Crippen molar-refractivity contribution in [2.24, 2.45) is 0 Å². The second kappa shape index (κ2) is 7.49. The van der Waals surface area contributed by atoms with Gasteiger partial charge < -0.3 is 10.2 Å². The molecule has 27 heavy (non-hydrogen) atoms. The first-order valence-corrected chi connectivity index (χ1v) is 9.53. The molecule has 3 aromatic rings. The van der Waals surface area contributed by atoms with Gasteiger partial charge in [-0.1, -0.05) is 42.5 Å². The minimum atomic E-state index is -0.438. The van der Waals surface area contributed by atoms with Gasteiger partial charge in [-0.2, -0.15) is 0 Å². The van der Waals surface area contributed by atoms with E-state index in [0.29, 0.717) is 6.54 Å². The number of nitrogens with one attached hydrogen (secondary N) is 1. The number of rotatable bonds is 4. The Morgan fingerprint density at radius 3 is 2.63 bits per heavy atom. The molecule has 1 aliphatic rings. The van der Waals surface area contributed by atoms with Crippen LogP contribution in [0, 0.1) is 0 Å². The Morgan fingerprint density at radius 1 is 1.07 bits per heavy atom. The zero-order chi connectivity index (χ0) is 18.7. The second-order valence-corrected chi connectivity index (χ2v) is 7.46. The number of amides is 1. The molecule has 4 nitrogen and oxygen atoms in total. The van der Waals surface area contributed by atoms with Crippen LogP contribution in [0.2, 0.25) is 0 Å². The fraction of sp³-hybridized carbons (Fsp3) is 0.304. The first-order valence-electron chi connectivity index (χ1n) is 9.53. The molecule has 0 aliphatic carbocycles. The van der Waals surface area contributed by atoms with Gasteiger partial charge in [-0.05, 0) is 62.3 Å². The lowest BCUT2D eigenvalue weighted by Crippen LogP contribution is -2.50. The molecule has 2 heterocycles. The van der Waals surface area contributed by atoms with E-state index in [1.165, 1.54) is 0 Å². The van der Waals surface area contributed by atoms with Gasteiger partial charge in [-0.3, -0.25) is 9.78 Å². The predicted molar refractivity (Wildman–Crippen MR) is 108 cm³/mol. The van der Waals surface area contributed by atoms with Crippen molar-refractivity contribution in [2.45, 2.75) is 24.8 Å². The maximum atomic E-state index is 13.3. The van der Waals surface area contributed by atoms with Crippen molar-refractivity contribution >= 4 is 16.8 Å². The third kappa shape index (κ3) is 3.58. The smallest absolute Gasteiger partial charge is 0.231 e. The molecule has 1 N–H and O–H groups in total. The van der Waals surface area contributed by atoms with Crippen LogP contribution < -0.4 is 5.32 Å². The molecule has 0 bridgehead atoms. The summed E-state index contributed by atoms with van der Waals surface area (Å²) in [5.74, 6) is 0.132. The van der Waals surface area contributed by atoms with Gasteiger partial charge in [0.1, 0.15) is 0 Å². The normalized spacial score (nSPS) is 16.9. The summed E-state index contributed by atoms with van der Waals surface area (Å²) in [5, 5.41) is 4.31. The number of benzene rings is 2. The molecule has 1 saturated heterocycles. The molecule has 0 atom stereocenters. The van der Waals surface area contributed by atoms with Crippen LogP contribution in [0.5, 0.6) is 0 Å². The van der Waals surface area contributed by atoms with Crippen LogP contribution in [-0.2, 0) is 16.8 Å². The highest BCUT2D eigenvalue weighted by Crippen LogP contribution is 2.35. The average Bonchev–Trinajstić information content (AvgIpc) is 2.73. The summed E-state index contributed by atoms with van der Waals surface area (Å²) in [6.45, 7) is 2.40. The van der Waals surface area contributed by atoms with Gasteiger partial charge in [-0.15, -0.1) is 0 Å². The van der Waals surface area contributed by atoms with E-state index in [4.69, 9.17) is 0 Å². The van der Waals surface area contributed by atoms with Crippen molar-refractivity contribution in [1.82, 2.24) is 15.2 Å². The van der Waals surface area contributed by atoms with Crippen LogP contribution in [0.15, 0.2) is 66.9 Å². The van der Waals surface area contributed by atoms with Crippen LogP contribution in [0.3, 0.4) is 0 Å². The van der Waals surface area contributed by atoms with Gasteiger partial charge in [0.25, 0.3) is 0 Å². The number of piperidine rings is 1. The summed E-state index contributed by atoms with van der Waals surface area (Å²) in [5.41, 5.74) is 2.76. The van der Waals surface area contributed by atoms with Crippen molar-refractivity contribution in [3.05, 3.63) is 78.0 Å². The number of carbonyl (C=O) groups is 1. The topological polar surface area (TPSA) is 45.2 Å². The van der Waals surface area contributed by atoms with Gasteiger partial charge in [0.15, 0.2) is 0 Å². The van der Waals surface area contributed by atoms with E-state index >= 15 is 0 Å². The lowest BCUT2D eigenvalue weighted by molar-refractivity contribution is -0.128. The second-order valence-electron chi connectivity index (χ2n) is 7.46. The molecule has 2 aromatic carbocycles. The fourth-order valence-electron chi connectivity index (χ4n) is 3.99. The van der Waals surface area contributed by atoms with Crippen molar-refractivity contribution in [3.8, 4) is 0 Å².